The van der Waals surface area contributed by atoms with Gasteiger partial charge in [-0.1, -0.05) is 30.3 Å². The van der Waals surface area contributed by atoms with Crippen LogP contribution < -0.4 is 5.32 Å². The number of nitrogens with one attached hydrogen (secondary N) is 1. The van der Waals surface area contributed by atoms with Gasteiger partial charge in [-0.15, -0.1) is 0 Å². The molecule has 0 saturated carbocycles. The van der Waals surface area contributed by atoms with E-state index in [9.17, 15) is 14.2 Å². The van der Waals surface area contributed by atoms with Gasteiger partial charge >= 0.3 is 19.5 Å². The van der Waals surface area contributed by atoms with Crippen molar-refractivity contribution < 1.29 is 33.0 Å². The second kappa shape index (κ2) is 9.42. The first-order valence-corrected chi connectivity index (χ1v) is 8.41. The number of carboxylic acids is 1. The summed E-state index contributed by atoms with van der Waals surface area (Å²) in [5, 5.41) is 11.6. The van der Waals surface area contributed by atoms with Crippen LogP contribution >= 0.6 is 7.60 Å². The summed E-state index contributed by atoms with van der Waals surface area (Å²) in [6.07, 6.45) is -0.0793. The zero-order valence-electron chi connectivity index (χ0n) is 12.9. The summed E-state index contributed by atoms with van der Waals surface area (Å²) in [6, 6.07) is 9.15. The highest BCUT2D eigenvalue weighted by Gasteiger charge is 2.39. The van der Waals surface area contributed by atoms with E-state index in [0.717, 1.165) is 19.8 Å². The maximum atomic E-state index is 12.1. The van der Waals surface area contributed by atoms with Crippen LogP contribution in [0, 0.1) is 0 Å². The molecule has 2 N–H and O–H groups in total. The molecule has 0 aliphatic heterocycles. The first-order valence-electron chi connectivity index (χ1n) is 6.80. The number of ether oxygens (including phenoxy) is 1. The van der Waals surface area contributed by atoms with E-state index in [0.29, 0.717) is 0 Å². The molecule has 1 unspecified atom stereocenters. The summed E-state index contributed by atoms with van der Waals surface area (Å²) in [5.74, 6) is -3.45. The molecule has 23 heavy (non-hydrogen) atoms. The van der Waals surface area contributed by atoms with E-state index < -0.39 is 25.3 Å². The summed E-state index contributed by atoms with van der Waals surface area (Å²) >= 11 is 0. The molecule has 0 amide bonds. The standard InChI is InChI=1S/C14H20NO7P/c1-20-23(19,21-2)13(14(17)18)15-9-8-12(16)22-10-11-6-4-3-5-7-11/h3-7,13,15H,8-10H2,1-2H3,(H,17,18). The van der Waals surface area contributed by atoms with Crippen LogP contribution in [0.25, 0.3) is 0 Å². The largest absolute Gasteiger partial charge is 0.480 e. The molecule has 0 bridgehead atoms. The number of esters is 1. The van der Waals surface area contributed by atoms with Gasteiger partial charge in [0.2, 0.25) is 5.78 Å². The Balaban J connectivity index is 2.43. The van der Waals surface area contributed by atoms with Crippen molar-refractivity contribution in [2.45, 2.75) is 18.8 Å². The second-order valence-corrected chi connectivity index (χ2v) is 6.82. The smallest absolute Gasteiger partial charge is 0.358 e. The third kappa shape index (κ3) is 6.11. The summed E-state index contributed by atoms with van der Waals surface area (Å²) in [7, 11) is -1.65. The highest BCUT2D eigenvalue weighted by atomic mass is 31.2. The average Bonchev–Trinajstić information content (AvgIpc) is 2.56. The molecule has 1 rings (SSSR count). The molecule has 9 heteroatoms. The first kappa shape index (κ1) is 19.3. The van der Waals surface area contributed by atoms with Crippen LogP contribution in [0.3, 0.4) is 0 Å². The minimum Gasteiger partial charge on any atom is -0.480 e. The SMILES string of the molecule is COP(=O)(OC)C(NCCC(=O)OCc1ccccc1)C(=O)O. The number of carbonyl (C=O) groups is 2. The van der Waals surface area contributed by atoms with E-state index >= 15 is 0 Å². The van der Waals surface area contributed by atoms with Crippen molar-refractivity contribution in [2.24, 2.45) is 0 Å². The summed E-state index contributed by atoms with van der Waals surface area (Å²) in [4.78, 5) is 22.8. The minimum absolute atomic E-state index is 0.0404. The predicted molar refractivity (Wildman–Crippen MR) is 81.9 cm³/mol. The molecule has 128 valence electrons. The lowest BCUT2D eigenvalue weighted by Gasteiger charge is -2.21. The van der Waals surface area contributed by atoms with E-state index in [1.54, 1.807) is 0 Å². The molecule has 0 aliphatic rings. The van der Waals surface area contributed by atoms with Crippen LogP contribution in [-0.4, -0.2) is 43.6 Å². The van der Waals surface area contributed by atoms with Crippen molar-refractivity contribution in [1.29, 1.82) is 0 Å². The lowest BCUT2D eigenvalue weighted by molar-refractivity contribution is -0.145. The molecule has 0 aromatic heterocycles. The van der Waals surface area contributed by atoms with Gasteiger partial charge in [0.1, 0.15) is 6.61 Å². The average molecular weight is 345 g/mol. The fourth-order valence-electron chi connectivity index (χ4n) is 1.74. The lowest BCUT2D eigenvalue weighted by Crippen LogP contribution is -2.38. The molecule has 0 aliphatic carbocycles. The number of carbonyl (C=O) groups excluding carboxylic acids is 1. The predicted octanol–water partition coefficient (Wildman–Crippen LogP) is 1.61. The van der Waals surface area contributed by atoms with Gasteiger partial charge in [-0.3, -0.25) is 14.7 Å². The van der Waals surface area contributed by atoms with Crippen molar-refractivity contribution in [2.75, 3.05) is 20.8 Å². The third-order valence-electron chi connectivity index (χ3n) is 2.97. The molecular formula is C14H20NO7P. The summed E-state index contributed by atoms with van der Waals surface area (Å²) in [6.45, 7) is 0.0952. The lowest BCUT2D eigenvalue weighted by atomic mass is 10.2. The van der Waals surface area contributed by atoms with E-state index in [1.165, 1.54) is 0 Å². The van der Waals surface area contributed by atoms with Gasteiger partial charge in [-0.05, 0) is 5.56 Å². The zero-order valence-corrected chi connectivity index (χ0v) is 13.8. The van der Waals surface area contributed by atoms with Crippen LogP contribution in [0.4, 0.5) is 0 Å². The Labute approximate surface area is 134 Å². The third-order valence-corrected chi connectivity index (χ3v) is 5.02. The monoisotopic (exact) mass is 345 g/mol. The number of carboxylic acid groups (broad SMARTS) is 1. The molecule has 1 aromatic carbocycles. The molecule has 0 radical (unpaired) electrons. The van der Waals surface area contributed by atoms with Crippen LogP contribution in [0.1, 0.15) is 12.0 Å². The Hall–Kier alpha value is -1.73. The minimum atomic E-state index is -3.83. The Morgan fingerprint density at radius 1 is 1.22 bits per heavy atom. The number of hydrogen-bond donors (Lipinski definition) is 2. The molecule has 0 saturated heterocycles. The highest BCUT2D eigenvalue weighted by molar-refractivity contribution is 7.55. The number of hydrogen-bond acceptors (Lipinski definition) is 7. The van der Waals surface area contributed by atoms with Crippen molar-refractivity contribution in [3.8, 4) is 0 Å². The molecule has 1 atom stereocenters. The van der Waals surface area contributed by atoms with Gasteiger partial charge in [0.15, 0.2) is 0 Å². The van der Waals surface area contributed by atoms with Crippen molar-refractivity contribution in [3.63, 3.8) is 0 Å². The first-order chi connectivity index (χ1) is 10.9. The van der Waals surface area contributed by atoms with Gasteiger partial charge in [0, 0.05) is 20.8 Å². The van der Waals surface area contributed by atoms with Crippen LogP contribution in [0.15, 0.2) is 30.3 Å². The van der Waals surface area contributed by atoms with Gasteiger partial charge in [-0.2, -0.15) is 0 Å². The number of aliphatic carboxylic acids is 1. The molecular weight excluding hydrogens is 325 g/mol. The molecule has 8 nitrogen and oxygen atoms in total. The summed E-state index contributed by atoms with van der Waals surface area (Å²) in [5.41, 5.74) is 0.848. The van der Waals surface area contributed by atoms with Gasteiger partial charge < -0.3 is 18.9 Å². The van der Waals surface area contributed by atoms with E-state index in [4.69, 9.17) is 9.84 Å². The van der Waals surface area contributed by atoms with Gasteiger partial charge in [0.05, 0.1) is 6.42 Å². The summed E-state index contributed by atoms with van der Waals surface area (Å²) < 4.78 is 26.4. The van der Waals surface area contributed by atoms with Crippen LogP contribution in [-0.2, 0) is 34.5 Å². The molecule has 0 fully saturated rings. The second-order valence-electron chi connectivity index (χ2n) is 4.50. The topological polar surface area (TPSA) is 111 Å². The Morgan fingerprint density at radius 3 is 2.35 bits per heavy atom. The van der Waals surface area contributed by atoms with Crippen LogP contribution in [0.2, 0.25) is 0 Å². The molecule has 1 aromatic rings. The quantitative estimate of drug-likeness (QED) is 0.486. The fourth-order valence-corrected chi connectivity index (χ4v) is 2.93. The molecule has 0 heterocycles. The maximum Gasteiger partial charge on any atom is 0.358 e. The van der Waals surface area contributed by atoms with Crippen molar-refractivity contribution in [3.05, 3.63) is 35.9 Å². The molecule has 0 spiro atoms. The Kier molecular flexibility index (Phi) is 7.91. The van der Waals surface area contributed by atoms with Crippen molar-refractivity contribution >= 4 is 19.5 Å². The van der Waals surface area contributed by atoms with Gasteiger partial charge in [-0.25, -0.2) is 4.79 Å². The van der Waals surface area contributed by atoms with Crippen LogP contribution in [0.5, 0.6) is 0 Å². The zero-order chi connectivity index (χ0) is 17.3. The van der Waals surface area contributed by atoms with E-state index in [1.807, 2.05) is 30.3 Å². The van der Waals surface area contributed by atoms with E-state index in [-0.39, 0.29) is 19.6 Å². The number of benzene rings is 1. The van der Waals surface area contributed by atoms with Crippen molar-refractivity contribution in [1.82, 2.24) is 5.32 Å². The Morgan fingerprint density at radius 2 is 1.83 bits per heavy atom. The van der Waals surface area contributed by atoms with Gasteiger partial charge in [0.25, 0.3) is 0 Å². The highest BCUT2D eigenvalue weighted by Crippen LogP contribution is 2.50. The fraction of sp³-hybridized carbons (Fsp3) is 0.429. The maximum absolute atomic E-state index is 12.1. The number of rotatable bonds is 10. The van der Waals surface area contributed by atoms with E-state index in [2.05, 4.69) is 14.4 Å². The normalized spacial score (nSPS) is 12.6. The Bertz CT molecular complexity index is 556.